The first kappa shape index (κ1) is 19.5. The average molecular weight is 443 g/mol. The maximum atomic E-state index is 12.8. The predicted octanol–water partition coefficient (Wildman–Crippen LogP) is 3.24. The van der Waals surface area contributed by atoms with Crippen molar-refractivity contribution in [1.82, 2.24) is 25.0 Å². The third kappa shape index (κ3) is 3.19. The molecule has 1 fully saturated rings. The molecule has 10 heteroatoms. The molecule has 0 aliphatic heterocycles. The van der Waals surface area contributed by atoms with Crippen LogP contribution in [0.2, 0.25) is 0 Å². The Bertz CT molecular complexity index is 1280. The van der Waals surface area contributed by atoms with Gasteiger partial charge < -0.3 is 10.5 Å². The molecule has 4 aromatic heterocycles. The highest BCUT2D eigenvalue weighted by molar-refractivity contribution is 7.87. The topological polar surface area (TPSA) is 109 Å². The van der Waals surface area contributed by atoms with Crippen molar-refractivity contribution in [2.24, 2.45) is 7.05 Å². The minimum atomic E-state index is -1.20. The van der Waals surface area contributed by atoms with Crippen molar-refractivity contribution in [3.63, 3.8) is 0 Å². The molecular formula is C20H22N6O2S2. The van der Waals surface area contributed by atoms with E-state index in [1.807, 2.05) is 13.1 Å². The molecule has 156 valence electrons. The van der Waals surface area contributed by atoms with Crippen LogP contribution in [0.3, 0.4) is 0 Å². The van der Waals surface area contributed by atoms with Gasteiger partial charge in [0.05, 0.1) is 34.5 Å². The van der Waals surface area contributed by atoms with Gasteiger partial charge in [0.2, 0.25) is 0 Å². The van der Waals surface area contributed by atoms with Crippen molar-refractivity contribution in [3.05, 3.63) is 23.9 Å². The molecule has 0 spiro atoms. The van der Waals surface area contributed by atoms with E-state index in [1.165, 1.54) is 23.3 Å². The van der Waals surface area contributed by atoms with Crippen LogP contribution in [0.5, 0.6) is 0 Å². The maximum absolute atomic E-state index is 12.8. The lowest BCUT2D eigenvalue weighted by Gasteiger charge is -2.27. The van der Waals surface area contributed by atoms with Gasteiger partial charge in [0.25, 0.3) is 0 Å². The Morgan fingerprint density at radius 3 is 2.93 bits per heavy atom. The summed E-state index contributed by atoms with van der Waals surface area (Å²) in [6.07, 6.45) is 5.29. The van der Waals surface area contributed by atoms with Crippen LogP contribution < -0.4 is 5.73 Å². The highest BCUT2D eigenvalue weighted by Gasteiger charge is 2.27. The van der Waals surface area contributed by atoms with Gasteiger partial charge in [-0.15, -0.1) is 16.4 Å². The Hall–Kier alpha value is -2.43. The van der Waals surface area contributed by atoms with E-state index in [9.17, 15) is 4.21 Å². The number of pyridine rings is 2. The molecule has 0 bridgehead atoms. The van der Waals surface area contributed by atoms with Crippen LogP contribution in [0.25, 0.3) is 32.6 Å². The fourth-order valence-electron chi connectivity index (χ4n) is 3.81. The number of nitrogen functional groups attached to an aromatic ring is 1. The van der Waals surface area contributed by atoms with Crippen LogP contribution in [-0.4, -0.2) is 48.6 Å². The fraction of sp³-hybridized carbons (Fsp3) is 0.400. The maximum Gasteiger partial charge on any atom is 0.178 e. The van der Waals surface area contributed by atoms with Crippen LogP contribution >= 0.6 is 11.3 Å². The quantitative estimate of drug-likeness (QED) is 0.488. The van der Waals surface area contributed by atoms with E-state index in [-0.39, 0.29) is 0 Å². The average Bonchev–Trinajstić information content (AvgIpc) is 3.24. The number of anilines is 1. The van der Waals surface area contributed by atoms with E-state index in [0.29, 0.717) is 28.2 Å². The molecule has 4 aromatic rings. The zero-order valence-corrected chi connectivity index (χ0v) is 18.4. The normalized spacial score (nSPS) is 15.7. The number of hydrogen-bond donors (Lipinski definition) is 1. The minimum Gasteiger partial charge on any atom is -0.396 e. The first-order chi connectivity index (χ1) is 14.6. The fourth-order valence-corrected chi connectivity index (χ4v) is 6.38. The monoisotopic (exact) mass is 442 g/mol. The standard InChI is InChI=1S/C20H22N6O2S2/c1-26-18-15(24-25-26)8-12(10-22-18)14-9-13(11-4-3-5-11)16-17(21)20(29-19(16)23-14)30(27)7-6-28-2/h8-11H,3-7,21H2,1-2H3. The second-order valence-electron chi connectivity index (χ2n) is 7.53. The summed E-state index contributed by atoms with van der Waals surface area (Å²) < 4.78 is 20.2. The Morgan fingerprint density at radius 1 is 1.37 bits per heavy atom. The highest BCUT2D eigenvalue weighted by atomic mass is 32.2. The van der Waals surface area contributed by atoms with Crippen LogP contribution in [0, 0.1) is 0 Å². The molecule has 1 aliphatic carbocycles. The van der Waals surface area contributed by atoms with Crippen LogP contribution in [0.4, 0.5) is 5.69 Å². The zero-order chi connectivity index (χ0) is 20.8. The molecule has 2 N–H and O–H groups in total. The lowest BCUT2D eigenvalue weighted by molar-refractivity contribution is 0.218. The smallest absolute Gasteiger partial charge is 0.178 e. The summed E-state index contributed by atoms with van der Waals surface area (Å²) in [4.78, 5) is 10.2. The number of thiophene rings is 1. The molecule has 5 rings (SSSR count). The van der Waals surface area contributed by atoms with Gasteiger partial charge in [0, 0.05) is 31.3 Å². The number of aryl methyl sites for hydroxylation is 1. The van der Waals surface area contributed by atoms with Crippen molar-refractivity contribution < 1.29 is 8.95 Å². The van der Waals surface area contributed by atoms with Crippen molar-refractivity contribution >= 4 is 49.2 Å². The summed E-state index contributed by atoms with van der Waals surface area (Å²) in [5, 5.41) is 9.17. The third-order valence-corrected chi connectivity index (χ3v) is 8.53. The summed E-state index contributed by atoms with van der Waals surface area (Å²) in [6.45, 7) is 0.429. The zero-order valence-electron chi connectivity index (χ0n) is 16.8. The molecule has 0 aromatic carbocycles. The molecule has 0 radical (unpaired) electrons. The van der Waals surface area contributed by atoms with Gasteiger partial charge in [0.1, 0.15) is 14.6 Å². The summed E-state index contributed by atoms with van der Waals surface area (Å²) in [6, 6.07) is 4.08. The number of aromatic nitrogens is 5. The van der Waals surface area contributed by atoms with Gasteiger partial charge in [-0.05, 0) is 36.5 Å². The van der Waals surface area contributed by atoms with Gasteiger partial charge in [-0.3, -0.25) is 4.21 Å². The number of nitrogens with two attached hydrogens (primary N) is 1. The molecule has 0 saturated heterocycles. The second kappa shape index (κ2) is 7.68. The summed E-state index contributed by atoms with van der Waals surface area (Å²) in [7, 11) is 2.22. The molecule has 30 heavy (non-hydrogen) atoms. The van der Waals surface area contributed by atoms with Crippen molar-refractivity contribution in [2.45, 2.75) is 29.4 Å². The van der Waals surface area contributed by atoms with Crippen molar-refractivity contribution in [3.8, 4) is 11.3 Å². The van der Waals surface area contributed by atoms with Crippen LogP contribution in [-0.2, 0) is 22.6 Å². The van der Waals surface area contributed by atoms with E-state index in [0.717, 1.165) is 45.5 Å². The van der Waals surface area contributed by atoms with Crippen molar-refractivity contribution in [2.75, 3.05) is 25.2 Å². The number of fused-ring (bicyclic) bond motifs is 2. The number of nitrogens with zero attached hydrogens (tertiary/aromatic N) is 5. The van der Waals surface area contributed by atoms with E-state index < -0.39 is 10.8 Å². The Morgan fingerprint density at radius 2 is 2.20 bits per heavy atom. The molecular weight excluding hydrogens is 420 g/mol. The summed E-state index contributed by atoms with van der Waals surface area (Å²) >= 11 is 1.42. The van der Waals surface area contributed by atoms with Gasteiger partial charge in [-0.25, -0.2) is 14.6 Å². The van der Waals surface area contributed by atoms with Gasteiger partial charge in [0.15, 0.2) is 5.65 Å². The molecule has 8 nitrogen and oxygen atoms in total. The van der Waals surface area contributed by atoms with E-state index in [2.05, 4.69) is 21.4 Å². The Labute approximate surface area is 179 Å². The highest BCUT2D eigenvalue weighted by Crippen LogP contribution is 2.46. The minimum absolute atomic E-state index is 0.423. The van der Waals surface area contributed by atoms with Gasteiger partial charge >= 0.3 is 0 Å². The second-order valence-corrected chi connectivity index (χ2v) is 10.3. The molecule has 1 atom stereocenters. The van der Waals surface area contributed by atoms with Gasteiger partial charge in [-0.2, -0.15) is 0 Å². The first-order valence-electron chi connectivity index (χ1n) is 9.83. The summed E-state index contributed by atoms with van der Waals surface area (Å²) in [5.41, 5.74) is 11.5. The van der Waals surface area contributed by atoms with E-state index >= 15 is 0 Å². The molecule has 1 unspecified atom stereocenters. The SMILES string of the molecule is COCCS(=O)c1sc2nc(-c3cnc4c(c3)nnn4C)cc(C3CCC3)c2c1N. The Kier molecular flexibility index (Phi) is 5.00. The largest absolute Gasteiger partial charge is 0.396 e. The number of ether oxygens (including phenoxy) is 1. The molecule has 0 amide bonds. The lowest BCUT2D eigenvalue weighted by Crippen LogP contribution is -2.10. The summed E-state index contributed by atoms with van der Waals surface area (Å²) in [5.74, 6) is 0.881. The number of hydrogen-bond acceptors (Lipinski definition) is 8. The van der Waals surface area contributed by atoms with Crippen molar-refractivity contribution in [1.29, 1.82) is 0 Å². The third-order valence-electron chi connectivity index (χ3n) is 5.66. The van der Waals surface area contributed by atoms with Gasteiger partial charge in [-0.1, -0.05) is 11.6 Å². The first-order valence-corrected chi connectivity index (χ1v) is 12.0. The molecule has 1 aliphatic rings. The van der Waals surface area contributed by atoms with Crippen LogP contribution in [0.1, 0.15) is 30.7 Å². The molecule has 4 heterocycles. The van der Waals surface area contributed by atoms with Crippen LogP contribution in [0.15, 0.2) is 22.5 Å². The van der Waals surface area contributed by atoms with E-state index in [4.69, 9.17) is 15.5 Å². The number of methoxy groups -OCH3 is 1. The number of rotatable bonds is 6. The van der Waals surface area contributed by atoms with E-state index in [1.54, 1.807) is 18.0 Å². The Balaban J connectivity index is 1.66. The molecule has 1 saturated carbocycles. The predicted molar refractivity (Wildman–Crippen MR) is 119 cm³/mol. The lowest BCUT2D eigenvalue weighted by atomic mass is 9.79.